The van der Waals surface area contributed by atoms with Gasteiger partial charge in [0, 0.05) is 45.5 Å². The molecule has 2 aromatic heterocycles. The van der Waals surface area contributed by atoms with Crippen LogP contribution in [-0.4, -0.2) is 71.3 Å². The summed E-state index contributed by atoms with van der Waals surface area (Å²) in [6, 6.07) is 4.89. The number of aromatic nitrogens is 2. The Bertz CT molecular complexity index is 925. The first-order valence-electron chi connectivity index (χ1n) is 9.04. The second-order valence-electron chi connectivity index (χ2n) is 6.63. The number of rotatable bonds is 7. The summed E-state index contributed by atoms with van der Waals surface area (Å²) in [6.07, 6.45) is -2.45. The van der Waals surface area contributed by atoms with E-state index in [1.807, 2.05) is 4.90 Å². The predicted molar refractivity (Wildman–Crippen MR) is 98.3 cm³/mol. The van der Waals surface area contributed by atoms with Crippen molar-refractivity contribution in [2.24, 2.45) is 0 Å². The van der Waals surface area contributed by atoms with Gasteiger partial charge < -0.3 is 9.64 Å². The van der Waals surface area contributed by atoms with Crippen molar-refractivity contribution in [3.05, 3.63) is 44.9 Å². The molecule has 1 fully saturated rings. The smallest absolute Gasteiger partial charge is 0.372 e. The van der Waals surface area contributed by atoms with Crippen LogP contribution in [0.1, 0.15) is 6.42 Å². The van der Waals surface area contributed by atoms with Gasteiger partial charge in [0.2, 0.25) is 5.82 Å². The van der Waals surface area contributed by atoms with Gasteiger partial charge in [-0.25, -0.2) is 4.98 Å². The van der Waals surface area contributed by atoms with Crippen molar-refractivity contribution in [3.8, 4) is 0 Å². The highest BCUT2D eigenvalue weighted by molar-refractivity contribution is 5.61. The number of piperazine rings is 1. The zero-order valence-corrected chi connectivity index (χ0v) is 15.5. The molecule has 0 spiro atoms. The number of nitro groups is 1. The Labute approximate surface area is 163 Å². The zero-order chi connectivity index (χ0) is 21.0. The molecule has 0 bridgehead atoms. The molecule has 12 heteroatoms. The quantitative estimate of drug-likeness (QED) is 0.386. The molecule has 0 atom stereocenters. The number of hydrogen-bond acceptors (Lipinski definition) is 7. The molecule has 1 saturated heterocycles. The van der Waals surface area contributed by atoms with Gasteiger partial charge in [-0.15, -0.1) is 0 Å². The summed E-state index contributed by atoms with van der Waals surface area (Å²) in [6.45, 7) is 1.24. The summed E-state index contributed by atoms with van der Waals surface area (Å²) in [5.41, 5.74) is -0.982. The fourth-order valence-corrected chi connectivity index (χ4v) is 3.21. The summed E-state index contributed by atoms with van der Waals surface area (Å²) >= 11 is 0. The van der Waals surface area contributed by atoms with E-state index in [2.05, 4.69) is 9.72 Å². The Morgan fingerprint density at radius 3 is 2.59 bits per heavy atom. The third-order valence-electron chi connectivity index (χ3n) is 4.58. The predicted octanol–water partition coefficient (Wildman–Crippen LogP) is 1.69. The molecule has 9 nitrogen and oxygen atoms in total. The van der Waals surface area contributed by atoms with Gasteiger partial charge in [-0.2, -0.15) is 13.2 Å². The van der Waals surface area contributed by atoms with E-state index >= 15 is 0 Å². The van der Waals surface area contributed by atoms with E-state index in [0.717, 1.165) is 4.40 Å². The van der Waals surface area contributed by atoms with Crippen LogP contribution in [0.5, 0.6) is 0 Å². The average molecular weight is 415 g/mol. The van der Waals surface area contributed by atoms with Crippen LogP contribution < -0.4 is 10.5 Å². The molecule has 0 aliphatic carbocycles. The molecule has 29 heavy (non-hydrogen) atoms. The number of anilines is 1. The van der Waals surface area contributed by atoms with Gasteiger partial charge in [0.1, 0.15) is 12.3 Å². The average Bonchev–Trinajstić information content (AvgIpc) is 2.67. The van der Waals surface area contributed by atoms with Gasteiger partial charge in [0.15, 0.2) is 0 Å². The standard InChI is InChI=1S/C17H20F3N5O4/c18-17(19,20)12-29-11-3-5-22-7-9-23(10-8-22)15-14(25(27)28)16(26)24-6-2-1-4-13(24)21-15/h1-2,4,6H,3,5,7-12H2. The van der Waals surface area contributed by atoms with Crippen LogP contribution in [0.2, 0.25) is 0 Å². The highest BCUT2D eigenvalue weighted by Crippen LogP contribution is 2.24. The van der Waals surface area contributed by atoms with Crippen LogP contribution in [0.4, 0.5) is 24.7 Å². The second-order valence-corrected chi connectivity index (χ2v) is 6.63. The molecular weight excluding hydrogens is 395 g/mol. The minimum absolute atomic E-state index is 0.00813. The number of halogens is 3. The normalized spacial score (nSPS) is 15.8. The minimum Gasteiger partial charge on any atom is -0.372 e. The van der Waals surface area contributed by atoms with Crippen LogP contribution in [0.25, 0.3) is 5.65 Å². The van der Waals surface area contributed by atoms with E-state index in [4.69, 9.17) is 0 Å². The fourth-order valence-electron chi connectivity index (χ4n) is 3.21. The van der Waals surface area contributed by atoms with Crippen molar-refractivity contribution in [2.75, 3.05) is 50.8 Å². The van der Waals surface area contributed by atoms with Crippen LogP contribution in [-0.2, 0) is 4.74 Å². The van der Waals surface area contributed by atoms with Crippen LogP contribution in [0.3, 0.4) is 0 Å². The molecule has 1 aliphatic heterocycles. The molecule has 158 valence electrons. The van der Waals surface area contributed by atoms with E-state index in [0.29, 0.717) is 44.8 Å². The van der Waals surface area contributed by atoms with Crippen molar-refractivity contribution < 1.29 is 22.8 Å². The van der Waals surface area contributed by atoms with E-state index in [1.54, 1.807) is 23.1 Å². The van der Waals surface area contributed by atoms with Gasteiger partial charge in [-0.3, -0.25) is 24.2 Å². The molecule has 2 aromatic rings. The summed E-state index contributed by atoms with van der Waals surface area (Å²) in [4.78, 5) is 31.3. The van der Waals surface area contributed by atoms with Gasteiger partial charge in [0.05, 0.1) is 4.92 Å². The molecule has 0 saturated carbocycles. The summed E-state index contributed by atoms with van der Waals surface area (Å²) in [5.74, 6) is 0.0411. The molecule has 0 unspecified atom stereocenters. The molecule has 1 aliphatic rings. The van der Waals surface area contributed by atoms with Crippen molar-refractivity contribution in [2.45, 2.75) is 12.6 Å². The first kappa shape index (κ1) is 21.0. The minimum atomic E-state index is -4.33. The SMILES string of the molecule is O=c1c([N+](=O)[O-])c(N2CCN(CCCOCC(F)(F)F)CC2)nc2ccccn12. The third kappa shape index (κ3) is 5.21. The maximum absolute atomic E-state index is 12.5. The third-order valence-corrected chi connectivity index (χ3v) is 4.58. The molecule has 0 radical (unpaired) electrons. The van der Waals surface area contributed by atoms with Gasteiger partial charge in [-0.05, 0) is 18.6 Å². The molecule has 0 aromatic carbocycles. The number of hydrogen-bond donors (Lipinski definition) is 0. The Kier molecular flexibility index (Phi) is 6.33. The van der Waals surface area contributed by atoms with Crippen LogP contribution in [0.15, 0.2) is 29.2 Å². The van der Waals surface area contributed by atoms with Gasteiger partial charge in [-0.1, -0.05) is 6.07 Å². The second kappa shape index (κ2) is 8.74. The van der Waals surface area contributed by atoms with Crippen LogP contribution in [0, 0.1) is 10.1 Å². The molecule has 0 N–H and O–H groups in total. The highest BCUT2D eigenvalue weighted by atomic mass is 19.4. The van der Waals surface area contributed by atoms with Gasteiger partial charge >= 0.3 is 17.4 Å². The monoisotopic (exact) mass is 415 g/mol. The highest BCUT2D eigenvalue weighted by Gasteiger charge is 2.30. The zero-order valence-electron chi connectivity index (χ0n) is 15.5. The Morgan fingerprint density at radius 2 is 1.93 bits per heavy atom. The van der Waals surface area contributed by atoms with E-state index in [-0.39, 0.29) is 12.4 Å². The molecular formula is C17H20F3N5O4. The number of nitrogens with zero attached hydrogens (tertiary/aromatic N) is 5. The van der Waals surface area contributed by atoms with Crippen LogP contribution >= 0.6 is 0 Å². The topological polar surface area (TPSA) is 93.2 Å². The first-order valence-corrected chi connectivity index (χ1v) is 9.04. The maximum Gasteiger partial charge on any atom is 0.411 e. The lowest BCUT2D eigenvalue weighted by atomic mass is 10.2. The summed E-state index contributed by atoms with van der Waals surface area (Å²) in [7, 11) is 0. The largest absolute Gasteiger partial charge is 0.411 e. The van der Waals surface area contributed by atoms with Crippen molar-refractivity contribution >= 4 is 17.2 Å². The summed E-state index contributed by atoms with van der Waals surface area (Å²) < 4.78 is 41.8. The fraction of sp³-hybridized carbons (Fsp3) is 0.529. The lowest BCUT2D eigenvalue weighted by molar-refractivity contribution is -0.385. The van der Waals surface area contributed by atoms with E-state index < -0.39 is 29.0 Å². The lowest BCUT2D eigenvalue weighted by Gasteiger charge is -2.35. The van der Waals surface area contributed by atoms with Gasteiger partial charge in [0.25, 0.3) is 0 Å². The first-order chi connectivity index (χ1) is 13.8. The lowest BCUT2D eigenvalue weighted by Crippen LogP contribution is -2.47. The van der Waals surface area contributed by atoms with Crippen molar-refractivity contribution in [3.63, 3.8) is 0 Å². The van der Waals surface area contributed by atoms with Crippen molar-refractivity contribution in [1.82, 2.24) is 14.3 Å². The molecule has 3 rings (SSSR count). The molecule has 3 heterocycles. The number of alkyl halides is 3. The summed E-state index contributed by atoms with van der Waals surface area (Å²) in [5, 5.41) is 11.5. The maximum atomic E-state index is 12.5. The Morgan fingerprint density at radius 1 is 1.21 bits per heavy atom. The molecule has 0 amide bonds. The number of fused-ring (bicyclic) bond motifs is 1. The van der Waals surface area contributed by atoms with E-state index in [9.17, 15) is 28.1 Å². The Hall–Kier alpha value is -2.73. The van der Waals surface area contributed by atoms with Crippen molar-refractivity contribution in [1.29, 1.82) is 0 Å². The van der Waals surface area contributed by atoms with E-state index in [1.165, 1.54) is 6.20 Å². The Balaban J connectivity index is 1.62. The number of pyridine rings is 1. The number of ether oxygens (including phenoxy) is 1.